The number of aldehydes is 1. The zero-order valence-electron chi connectivity index (χ0n) is 12.1. The molecule has 0 radical (unpaired) electrons. The first-order chi connectivity index (χ1) is 9.44. The lowest BCUT2D eigenvalue weighted by atomic mass is 9.84. The van der Waals surface area contributed by atoms with Crippen LogP contribution in [0.25, 0.3) is 0 Å². The van der Waals surface area contributed by atoms with Crippen molar-refractivity contribution in [3.05, 3.63) is 34.9 Å². The van der Waals surface area contributed by atoms with Gasteiger partial charge in [0.25, 0.3) is 0 Å². The van der Waals surface area contributed by atoms with Crippen molar-refractivity contribution in [3.8, 4) is 0 Å². The van der Waals surface area contributed by atoms with Crippen LogP contribution in [0.4, 0.5) is 0 Å². The third kappa shape index (κ3) is 3.21. The summed E-state index contributed by atoms with van der Waals surface area (Å²) < 4.78 is 6.01. The van der Waals surface area contributed by atoms with Crippen LogP contribution < -0.4 is 0 Å². The molecule has 1 aliphatic rings. The molecule has 1 aliphatic carbocycles. The van der Waals surface area contributed by atoms with Gasteiger partial charge in [0.2, 0.25) is 6.08 Å². The smallest absolute Gasteiger partial charge is 0.235 e. The molecule has 0 saturated heterocycles. The Hall–Kier alpha value is -1.77. The Kier molecular flexibility index (Phi) is 4.17. The maximum Gasteiger partial charge on any atom is 0.235 e. The normalized spacial score (nSPS) is 21.8. The zero-order valence-corrected chi connectivity index (χ0v) is 12.1. The number of rotatable bonds is 3. The highest BCUT2D eigenvalue weighted by molar-refractivity contribution is 5.75. The van der Waals surface area contributed by atoms with Crippen molar-refractivity contribution in [3.63, 3.8) is 0 Å². The second kappa shape index (κ2) is 5.70. The molecule has 0 fully saturated rings. The molecule has 0 aliphatic heterocycles. The highest BCUT2D eigenvalue weighted by Crippen LogP contribution is 2.36. The van der Waals surface area contributed by atoms with Crippen molar-refractivity contribution in [1.82, 2.24) is 0 Å². The van der Waals surface area contributed by atoms with E-state index in [1.54, 1.807) is 18.2 Å². The van der Waals surface area contributed by atoms with E-state index in [0.29, 0.717) is 5.56 Å². The van der Waals surface area contributed by atoms with Crippen molar-refractivity contribution in [1.29, 1.82) is 0 Å². The molecule has 2 rings (SSSR count). The fourth-order valence-corrected chi connectivity index (χ4v) is 2.63. The maximum absolute atomic E-state index is 10.9. The van der Waals surface area contributed by atoms with E-state index in [2.05, 4.69) is 4.99 Å². The van der Waals surface area contributed by atoms with E-state index in [0.717, 1.165) is 30.3 Å². The van der Waals surface area contributed by atoms with Gasteiger partial charge in [-0.25, -0.2) is 4.79 Å². The average molecular weight is 273 g/mol. The van der Waals surface area contributed by atoms with Gasteiger partial charge in [-0.1, -0.05) is 12.1 Å². The van der Waals surface area contributed by atoms with Crippen molar-refractivity contribution >= 4 is 12.4 Å². The van der Waals surface area contributed by atoms with Gasteiger partial charge in [-0.05, 0) is 50.8 Å². The molecule has 1 unspecified atom stereocenters. The molecule has 2 atom stereocenters. The molecule has 0 saturated carbocycles. The fraction of sp³-hybridized carbons (Fsp3) is 0.500. The van der Waals surface area contributed by atoms with Gasteiger partial charge in [-0.2, -0.15) is 4.99 Å². The van der Waals surface area contributed by atoms with Crippen LogP contribution in [0.3, 0.4) is 0 Å². The molecule has 0 aromatic heterocycles. The lowest BCUT2D eigenvalue weighted by molar-refractivity contribution is -0.0759. The molecular weight excluding hydrogens is 254 g/mol. The van der Waals surface area contributed by atoms with E-state index in [9.17, 15) is 9.59 Å². The summed E-state index contributed by atoms with van der Waals surface area (Å²) in [5.41, 5.74) is 2.30. The van der Waals surface area contributed by atoms with E-state index >= 15 is 0 Å². The molecule has 0 spiro atoms. The Bertz CT molecular complexity index is 553. The summed E-state index contributed by atoms with van der Waals surface area (Å²) >= 11 is 0. The first-order valence-corrected chi connectivity index (χ1v) is 6.77. The fourth-order valence-electron chi connectivity index (χ4n) is 2.63. The number of nitrogens with zero attached hydrogens (tertiary/aromatic N) is 1. The molecule has 0 bridgehead atoms. The minimum atomic E-state index is -0.379. The summed E-state index contributed by atoms with van der Waals surface area (Å²) in [5.74, 6) is 0. The number of aryl methyl sites for hydroxylation is 1. The first kappa shape index (κ1) is 14.6. The standard InChI is InChI=1S/C16H19NO3/c1-16(2,3)20-14-7-6-12-5-4-11(9-18)8-13(12)15(14)17-10-19/h4-5,8-9,14-15H,6-7H2,1-3H3/t14-,15?/m1/s1. The number of hydrogen-bond donors (Lipinski definition) is 0. The minimum absolute atomic E-state index is 0.161. The second-order valence-corrected chi connectivity index (χ2v) is 6.05. The molecular formula is C16H19NO3. The van der Waals surface area contributed by atoms with Gasteiger partial charge in [-0.3, -0.25) is 4.79 Å². The predicted octanol–water partition coefficient (Wildman–Crippen LogP) is 3.01. The third-order valence-corrected chi connectivity index (χ3v) is 3.37. The Labute approximate surface area is 118 Å². The van der Waals surface area contributed by atoms with Crippen molar-refractivity contribution < 1.29 is 14.3 Å². The van der Waals surface area contributed by atoms with Gasteiger partial charge >= 0.3 is 0 Å². The second-order valence-electron chi connectivity index (χ2n) is 6.05. The van der Waals surface area contributed by atoms with Gasteiger partial charge in [0.15, 0.2) is 0 Å². The summed E-state index contributed by atoms with van der Waals surface area (Å²) in [6, 6.07) is 5.14. The van der Waals surface area contributed by atoms with Crippen LogP contribution in [0.15, 0.2) is 23.2 Å². The molecule has 1 aromatic rings. The van der Waals surface area contributed by atoms with Crippen LogP contribution in [-0.2, 0) is 16.0 Å². The van der Waals surface area contributed by atoms with Gasteiger partial charge in [0.05, 0.1) is 11.7 Å². The molecule has 20 heavy (non-hydrogen) atoms. The van der Waals surface area contributed by atoms with Crippen molar-refractivity contribution in [2.24, 2.45) is 4.99 Å². The lowest BCUT2D eigenvalue weighted by Crippen LogP contribution is -2.34. The quantitative estimate of drug-likeness (QED) is 0.483. The number of fused-ring (bicyclic) bond motifs is 1. The third-order valence-electron chi connectivity index (χ3n) is 3.37. The largest absolute Gasteiger partial charge is 0.370 e. The summed E-state index contributed by atoms with van der Waals surface area (Å²) in [4.78, 5) is 25.6. The van der Waals surface area contributed by atoms with Crippen molar-refractivity contribution in [2.45, 2.75) is 51.4 Å². The Balaban J connectivity index is 2.40. The summed E-state index contributed by atoms with van der Waals surface area (Å²) in [7, 11) is 0. The number of carbonyl (C=O) groups excluding carboxylic acids is 2. The molecule has 1 aromatic carbocycles. The van der Waals surface area contributed by atoms with Gasteiger partial charge < -0.3 is 4.74 Å². The van der Waals surface area contributed by atoms with Crippen LogP contribution in [0.1, 0.15) is 54.7 Å². The Morgan fingerprint density at radius 1 is 1.40 bits per heavy atom. The van der Waals surface area contributed by atoms with Gasteiger partial charge in [0.1, 0.15) is 12.3 Å². The summed E-state index contributed by atoms with van der Waals surface area (Å²) in [5, 5.41) is 0. The Morgan fingerprint density at radius 2 is 2.15 bits per heavy atom. The van der Waals surface area contributed by atoms with Crippen LogP contribution in [0.2, 0.25) is 0 Å². The highest BCUT2D eigenvalue weighted by Gasteiger charge is 2.33. The van der Waals surface area contributed by atoms with E-state index in [-0.39, 0.29) is 17.7 Å². The number of hydrogen-bond acceptors (Lipinski definition) is 4. The van der Waals surface area contributed by atoms with Crippen LogP contribution >= 0.6 is 0 Å². The van der Waals surface area contributed by atoms with E-state index in [1.807, 2.05) is 26.8 Å². The number of isocyanates is 1. The van der Waals surface area contributed by atoms with Crippen LogP contribution in [0, 0.1) is 0 Å². The topological polar surface area (TPSA) is 55.7 Å². The number of aliphatic imine (C=N–C) groups is 1. The lowest BCUT2D eigenvalue weighted by Gasteiger charge is -2.35. The maximum atomic E-state index is 10.9. The first-order valence-electron chi connectivity index (χ1n) is 6.77. The minimum Gasteiger partial charge on any atom is -0.370 e. The molecule has 4 heteroatoms. The molecule has 0 amide bonds. The number of benzene rings is 1. The van der Waals surface area contributed by atoms with E-state index in [4.69, 9.17) is 4.74 Å². The molecule has 0 heterocycles. The zero-order chi connectivity index (χ0) is 14.8. The molecule has 106 valence electrons. The number of carbonyl (C=O) groups is 1. The Morgan fingerprint density at radius 3 is 2.75 bits per heavy atom. The van der Waals surface area contributed by atoms with E-state index in [1.165, 1.54) is 0 Å². The van der Waals surface area contributed by atoms with Gasteiger partial charge in [0, 0.05) is 5.56 Å². The van der Waals surface area contributed by atoms with E-state index < -0.39 is 0 Å². The highest BCUT2D eigenvalue weighted by atomic mass is 16.5. The summed E-state index contributed by atoms with van der Waals surface area (Å²) in [6.45, 7) is 5.93. The predicted molar refractivity (Wildman–Crippen MR) is 75.6 cm³/mol. The number of ether oxygens (including phenoxy) is 1. The van der Waals surface area contributed by atoms with Crippen molar-refractivity contribution in [2.75, 3.05) is 0 Å². The van der Waals surface area contributed by atoms with Crippen LogP contribution in [-0.4, -0.2) is 24.1 Å². The monoisotopic (exact) mass is 273 g/mol. The molecule has 4 nitrogen and oxygen atoms in total. The molecule has 0 N–H and O–H groups in total. The van der Waals surface area contributed by atoms with Gasteiger partial charge in [-0.15, -0.1) is 0 Å². The van der Waals surface area contributed by atoms with Crippen LogP contribution in [0.5, 0.6) is 0 Å². The summed E-state index contributed by atoms with van der Waals surface area (Å²) in [6.07, 6.45) is 3.95. The SMILES string of the molecule is CC(C)(C)O[C@@H]1CCc2ccc(C=O)cc2C1N=C=O. The average Bonchev–Trinajstić information content (AvgIpc) is 2.39.